The summed E-state index contributed by atoms with van der Waals surface area (Å²) in [6.07, 6.45) is 2.91. The number of likely N-dealkylation sites (tertiary alicyclic amines) is 1. The first-order valence-electron chi connectivity index (χ1n) is 6.93. The number of amides is 1. The molecular weight excluding hydrogens is 278 g/mol. The Balaban J connectivity index is 2.97. The van der Waals surface area contributed by atoms with Gasteiger partial charge in [-0.1, -0.05) is 0 Å². The molecule has 1 amide bonds. The summed E-state index contributed by atoms with van der Waals surface area (Å²) in [6.45, 7) is 8.09. The highest BCUT2D eigenvalue weighted by Crippen LogP contribution is 2.34. The molecule has 0 N–H and O–H groups in total. The van der Waals surface area contributed by atoms with Crippen molar-refractivity contribution in [2.24, 2.45) is 0 Å². The van der Waals surface area contributed by atoms with Crippen LogP contribution in [-0.2, 0) is 14.3 Å². The molecule has 1 aliphatic rings. The molecule has 6 heteroatoms. The lowest BCUT2D eigenvalue weighted by molar-refractivity contribution is -0.154. The molecule has 0 unspecified atom stereocenters. The molecule has 0 bridgehead atoms. The molecule has 0 radical (unpaired) electrons. The average Bonchev–Trinajstić information content (AvgIpc) is 2.72. The Morgan fingerprint density at radius 2 is 2.00 bits per heavy atom. The number of rotatable bonds is 4. The molecule has 0 aromatic carbocycles. The van der Waals surface area contributed by atoms with Gasteiger partial charge in [0.2, 0.25) is 0 Å². The molecule has 5 nitrogen and oxygen atoms in total. The first-order chi connectivity index (χ1) is 9.27. The Morgan fingerprint density at radius 1 is 1.35 bits per heavy atom. The van der Waals surface area contributed by atoms with Crippen LogP contribution >= 0.6 is 11.8 Å². The van der Waals surface area contributed by atoms with Gasteiger partial charge in [-0.15, -0.1) is 0 Å². The van der Waals surface area contributed by atoms with E-state index in [1.165, 1.54) is 0 Å². The van der Waals surface area contributed by atoms with Crippen LogP contribution in [0.4, 0.5) is 4.79 Å². The number of thioether (sulfide) groups is 1. The van der Waals surface area contributed by atoms with Crippen molar-refractivity contribution >= 4 is 23.8 Å². The number of nitrogens with zero attached hydrogens (tertiary/aromatic N) is 1. The van der Waals surface area contributed by atoms with Gasteiger partial charge in [0.05, 0.1) is 6.61 Å². The fraction of sp³-hybridized carbons (Fsp3) is 0.857. The highest BCUT2D eigenvalue weighted by Gasteiger charge is 2.51. The second-order valence-electron chi connectivity index (χ2n) is 5.92. The van der Waals surface area contributed by atoms with Crippen molar-refractivity contribution in [3.05, 3.63) is 0 Å². The van der Waals surface area contributed by atoms with Crippen molar-refractivity contribution in [1.82, 2.24) is 4.90 Å². The molecule has 116 valence electrons. The fourth-order valence-corrected chi connectivity index (χ4v) is 3.28. The lowest BCUT2D eigenvalue weighted by Gasteiger charge is -2.36. The molecule has 1 fully saturated rings. The van der Waals surface area contributed by atoms with E-state index < -0.39 is 17.2 Å². The number of hydrogen-bond acceptors (Lipinski definition) is 5. The second kappa shape index (κ2) is 6.70. The first-order valence-corrected chi connectivity index (χ1v) is 8.33. The first kappa shape index (κ1) is 17.1. The summed E-state index contributed by atoms with van der Waals surface area (Å²) < 4.78 is 10.6. The van der Waals surface area contributed by atoms with Gasteiger partial charge < -0.3 is 9.47 Å². The molecule has 20 heavy (non-hydrogen) atoms. The molecule has 0 aromatic heterocycles. The van der Waals surface area contributed by atoms with E-state index >= 15 is 0 Å². The Morgan fingerprint density at radius 3 is 2.50 bits per heavy atom. The summed E-state index contributed by atoms with van der Waals surface area (Å²) in [7, 11) is 0. The van der Waals surface area contributed by atoms with Gasteiger partial charge in [0, 0.05) is 12.3 Å². The van der Waals surface area contributed by atoms with Gasteiger partial charge in [-0.25, -0.2) is 9.59 Å². The maximum atomic E-state index is 12.4. The quantitative estimate of drug-likeness (QED) is 0.747. The number of carbonyl (C=O) groups excluding carboxylic acids is 2. The van der Waals surface area contributed by atoms with Gasteiger partial charge in [0.15, 0.2) is 5.54 Å². The van der Waals surface area contributed by atoms with E-state index in [0.29, 0.717) is 25.3 Å². The molecule has 1 atom stereocenters. The number of ether oxygens (including phenoxy) is 2. The van der Waals surface area contributed by atoms with Crippen LogP contribution in [0.15, 0.2) is 0 Å². The third-order valence-corrected chi connectivity index (χ3v) is 3.91. The predicted octanol–water partition coefficient (Wildman–Crippen LogP) is 2.68. The average molecular weight is 303 g/mol. The summed E-state index contributed by atoms with van der Waals surface area (Å²) in [6, 6.07) is 0. The van der Waals surface area contributed by atoms with Crippen molar-refractivity contribution in [1.29, 1.82) is 0 Å². The van der Waals surface area contributed by atoms with Crippen LogP contribution < -0.4 is 0 Å². The van der Waals surface area contributed by atoms with Crippen molar-refractivity contribution in [3.8, 4) is 0 Å². The van der Waals surface area contributed by atoms with E-state index in [1.54, 1.807) is 23.6 Å². The highest BCUT2D eigenvalue weighted by atomic mass is 32.2. The minimum absolute atomic E-state index is 0.317. The predicted molar refractivity (Wildman–Crippen MR) is 79.9 cm³/mol. The van der Waals surface area contributed by atoms with Gasteiger partial charge in [0.1, 0.15) is 5.60 Å². The number of esters is 1. The lowest BCUT2D eigenvalue weighted by Crippen LogP contribution is -2.56. The number of carbonyl (C=O) groups is 2. The van der Waals surface area contributed by atoms with E-state index in [9.17, 15) is 9.59 Å². The largest absolute Gasteiger partial charge is 0.464 e. The van der Waals surface area contributed by atoms with Gasteiger partial charge >= 0.3 is 12.1 Å². The Bertz CT molecular complexity index is 367. The smallest absolute Gasteiger partial charge is 0.411 e. The Labute approximate surface area is 125 Å². The zero-order chi connectivity index (χ0) is 15.4. The van der Waals surface area contributed by atoms with E-state index in [-0.39, 0.29) is 5.97 Å². The van der Waals surface area contributed by atoms with Gasteiger partial charge in [-0.2, -0.15) is 11.8 Å². The van der Waals surface area contributed by atoms with Gasteiger partial charge in [-0.3, -0.25) is 4.90 Å². The summed E-state index contributed by atoms with van der Waals surface area (Å²) in [5.41, 5.74) is -1.45. The van der Waals surface area contributed by atoms with Crippen molar-refractivity contribution in [2.45, 2.75) is 51.7 Å². The van der Waals surface area contributed by atoms with Crippen molar-refractivity contribution in [2.75, 3.05) is 25.2 Å². The summed E-state index contributed by atoms with van der Waals surface area (Å²) in [4.78, 5) is 26.2. The standard InChI is InChI=1S/C14H25NO4S/c1-6-18-11(16)14(10-20-5)8-7-9-15(14)12(17)19-13(2,3)4/h6-10H2,1-5H3/t14-/m1/s1. The minimum atomic E-state index is -0.877. The SMILES string of the molecule is CCOC(=O)[C@]1(CSC)CCCN1C(=O)OC(C)(C)C. The van der Waals surface area contributed by atoms with Crippen LogP contribution in [0.25, 0.3) is 0 Å². The molecule has 0 aromatic rings. The van der Waals surface area contributed by atoms with E-state index in [2.05, 4.69) is 0 Å². The van der Waals surface area contributed by atoms with Gasteiger partial charge in [-0.05, 0) is 46.8 Å². The fourth-order valence-electron chi connectivity index (χ4n) is 2.39. The lowest BCUT2D eigenvalue weighted by atomic mass is 9.99. The van der Waals surface area contributed by atoms with Crippen LogP contribution in [0.5, 0.6) is 0 Å². The van der Waals surface area contributed by atoms with Crippen LogP contribution in [0.1, 0.15) is 40.5 Å². The minimum Gasteiger partial charge on any atom is -0.464 e. The normalized spacial score (nSPS) is 22.8. The number of hydrogen-bond donors (Lipinski definition) is 0. The maximum Gasteiger partial charge on any atom is 0.411 e. The molecule has 1 rings (SSSR count). The van der Waals surface area contributed by atoms with Crippen LogP contribution in [0.3, 0.4) is 0 Å². The van der Waals surface area contributed by atoms with Crippen molar-refractivity contribution in [3.63, 3.8) is 0 Å². The van der Waals surface area contributed by atoms with Crippen LogP contribution in [-0.4, -0.2) is 53.3 Å². The van der Waals surface area contributed by atoms with Crippen LogP contribution in [0, 0.1) is 0 Å². The summed E-state index contributed by atoms with van der Waals surface area (Å²) >= 11 is 1.54. The second-order valence-corrected chi connectivity index (χ2v) is 6.79. The Kier molecular flexibility index (Phi) is 5.74. The maximum absolute atomic E-state index is 12.4. The molecule has 1 aliphatic heterocycles. The molecular formula is C14H25NO4S. The third kappa shape index (κ3) is 3.81. The molecule has 0 spiro atoms. The van der Waals surface area contributed by atoms with E-state index in [0.717, 1.165) is 6.42 Å². The molecule has 0 aliphatic carbocycles. The monoisotopic (exact) mass is 303 g/mol. The zero-order valence-electron chi connectivity index (χ0n) is 13.0. The summed E-state index contributed by atoms with van der Waals surface area (Å²) in [5.74, 6) is 0.211. The van der Waals surface area contributed by atoms with E-state index in [4.69, 9.17) is 9.47 Å². The Hall–Kier alpha value is -0.910. The van der Waals surface area contributed by atoms with E-state index in [1.807, 2.05) is 27.0 Å². The topological polar surface area (TPSA) is 55.8 Å². The highest BCUT2D eigenvalue weighted by molar-refractivity contribution is 7.98. The zero-order valence-corrected chi connectivity index (χ0v) is 13.8. The molecule has 1 saturated heterocycles. The summed E-state index contributed by atoms with van der Waals surface area (Å²) in [5, 5.41) is 0. The molecule has 1 heterocycles. The molecule has 0 saturated carbocycles. The third-order valence-electron chi connectivity index (χ3n) is 3.14. The van der Waals surface area contributed by atoms with Crippen LogP contribution in [0.2, 0.25) is 0 Å². The van der Waals surface area contributed by atoms with Gasteiger partial charge in [0.25, 0.3) is 0 Å². The van der Waals surface area contributed by atoms with Crippen molar-refractivity contribution < 1.29 is 19.1 Å².